The van der Waals surface area contributed by atoms with Crippen LogP contribution < -0.4 is 0 Å². The molecule has 3 aliphatic rings. The van der Waals surface area contributed by atoms with E-state index >= 15 is 0 Å². The molecule has 0 radical (unpaired) electrons. The first-order chi connectivity index (χ1) is 26.5. The zero-order valence-electron chi connectivity index (χ0n) is 36.6. The quantitative estimate of drug-likeness (QED) is 0.153. The van der Waals surface area contributed by atoms with Gasteiger partial charge in [-0.25, -0.2) is 4.99 Å². The van der Waals surface area contributed by atoms with E-state index in [-0.39, 0.29) is 37.1 Å². The maximum atomic E-state index is 14.3. The number of ether oxygens (including phenoxy) is 8. The van der Waals surface area contributed by atoms with E-state index in [1.165, 1.54) is 6.92 Å². The maximum absolute atomic E-state index is 14.3. The molecule has 3 aliphatic heterocycles. The maximum Gasteiger partial charge on any atom is 0.311 e. The number of aliphatic imine (C=N–C) groups is 1. The Morgan fingerprint density at radius 3 is 2.04 bits per heavy atom. The first-order valence-corrected chi connectivity index (χ1v) is 26.2. The minimum Gasteiger partial charge on any atom is -0.459 e. The molecule has 0 saturated carbocycles. The topological polar surface area (TPSA) is 184 Å². The van der Waals surface area contributed by atoms with Crippen LogP contribution in [0.2, 0.25) is 0 Å². The van der Waals surface area contributed by atoms with Gasteiger partial charge in [0.2, 0.25) is 6.41 Å². The second-order valence-electron chi connectivity index (χ2n) is 17.2. The minimum absolute atomic E-state index is 0.00188. The van der Waals surface area contributed by atoms with Crippen molar-refractivity contribution in [3.63, 3.8) is 0 Å². The Morgan fingerprint density at radius 2 is 1.53 bits per heavy atom. The molecule has 0 aromatic rings. The fraction of sp³-hybridized carbons (Fsp3) is 0.925. The van der Waals surface area contributed by atoms with Gasteiger partial charge in [-0.3, -0.25) is 9.59 Å². The van der Waals surface area contributed by atoms with Crippen molar-refractivity contribution in [3.05, 3.63) is 0 Å². The molecule has 57 heavy (non-hydrogen) atoms. The standard InChI is InChI=1S/C40H72N2O13.I2/c1-16-28-40(10,47)33(44)23(4)30(41-20-43)21(2)18-38(8,46)34(55-37-32(48-13)27(42(11)12)17-22(3)51-37)24(5)31(25(6)36(45)53-28)54-29-19-39(9,50-15)35(49-14)26(7)52-29;1-2/h20-29,31-35,37,44,46-47H,16-19H2,1-15H3;. The van der Waals surface area contributed by atoms with Crippen LogP contribution in [0.1, 0.15) is 94.9 Å². The van der Waals surface area contributed by atoms with Crippen LogP contribution in [0.15, 0.2) is 4.99 Å². The summed E-state index contributed by atoms with van der Waals surface area (Å²) < 4.78 is 50.3. The fourth-order valence-corrected chi connectivity index (χ4v) is 9.40. The van der Waals surface area contributed by atoms with E-state index in [9.17, 15) is 24.9 Å². The molecule has 15 nitrogen and oxygen atoms in total. The van der Waals surface area contributed by atoms with Gasteiger partial charge < -0.3 is 58.1 Å². The zero-order chi connectivity index (χ0) is 43.8. The molecule has 334 valence electrons. The van der Waals surface area contributed by atoms with Gasteiger partial charge in [0.1, 0.15) is 23.9 Å². The summed E-state index contributed by atoms with van der Waals surface area (Å²) in [5, 5.41) is 36.2. The molecule has 3 saturated heterocycles. The van der Waals surface area contributed by atoms with Gasteiger partial charge in [0.05, 0.1) is 47.6 Å². The van der Waals surface area contributed by atoms with Crippen molar-refractivity contribution >= 4 is 55.3 Å². The number of aliphatic hydroxyl groups is 3. The van der Waals surface area contributed by atoms with Gasteiger partial charge in [-0.1, -0.05) is 27.7 Å². The van der Waals surface area contributed by atoms with Gasteiger partial charge in [0.25, 0.3) is 0 Å². The van der Waals surface area contributed by atoms with Gasteiger partial charge >= 0.3 is 5.97 Å². The lowest BCUT2D eigenvalue weighted by Gasteiger charge is -2.50. The predicted octanol–water partition coefficient (Wildman–Crippen LogP) is 4.89. The first-order valence-electron chi connectivity index (χ1n) is 19.9. The van der Waals surface area contributed by atoms with Crippen molar-refractivity contribution in [2.75, 3.05) is 35.4 Å². The normalized spacial score (nSPS) is 46.1. The van der Waals surface area contributed by atoms with Crippen molar-refractivity contribution in [2.45, 2.75) is 179 Å². The van der Waals surface area contributed by atoms with Crippen LogP contribution in [0, 0.1) is 23.7 Å². The predicted molar refractivity (Wildman–Crippen MR) is 232 cm³/mol. The third-order valence-electron chi connectivity index (χ3n) is 12.5. The number of likely N-dealkylation sites (N-methyl/N-ethyl adjacent to an activating group) is 1. The SMILES string of the molecule is CCC1OC(=O)C(C)C(OC2CC(C)(OC)C(OC)C(C)O2)C(C)C(OC2OC(C)CC(N(C)C)C2OC)C(C)(O)CC(C)C(=NC=O)C(C)C(O)C1(C)O.II. The molecule has 3 N–H and O–H groups in total. The van der Waals surface area contributed by atoms with Crippen LogP contribution in [0.25, 0.3) is 0 Å². The summed E-state index contributed by atoms with van der Waals surface area (Å²) >= 11 is 4.24. The molecule has 18 unspecified atom stereocenters. The van der Waals surface area contributed by atoms with Crippen molar-refractivity contribution in [1.82, 2.24) is 4.90 Å². The average Bonchev–Trinajstić information content (AvgIpc) is 3.15. The number of nitrogens with zero attached hydrogens (tertiary/aromatic N) is 2. The van der Waals surface area contributed by atoms with E-state index in [4.69, 9.17) is 37.9 Å². The van der Waals surface area contributed by atoms with Crippen molar-refractivity contribution in [2.24, 2.45) is 28.7 Å². The van der Waals surface area contributed by atoms with E-state index in [0.717, 1.165) is 0 Å². The molecule has 3 rings (SSSR count). The molecule has 0 spiro atoms. The number of cyclic esters (lactones) is 1. The van der Waals surface area contributed by atoms with Crippen molar-refractivity contribution < 1.29 is 62.8 Å². The number of esters is 1. The molecule has 1 amide bonds. The van der Waals surface area contributed by atoms with Gasteiger partial charge in [-0.15, -0.1) is 0 Å². The number of amides is 1. The Morgan fingerprint density at radius 1 is 0.912 bits per heavy atom. The molecule has 18 atom stereocenters. The Hall–Kier alpha value is -0.170. The van der Waals surface area contributed by atoms with E-state index in [1.54, 1.807) is 55.9 Å². The van der Waals surface area contributed by atoms with Gasteiger partial charge in [-0.2, -0.15) is 0 Å². The lowest BCUT2D eigenvalue weighted by atomic mass is 9.73. The number of carbonyl (C=O) groups excluding carboxylic acids is 2. The lowest BCUT2D eigenvalue weighted by molar-refractivity contribution is -0.320. The molecule has 0 aromatic carbocycles. The van der Waals surface area contributed by atoms with Crippen LogP contribution in [0.4, 0.5) is 0 Å². The molecular weight excluding hydrogens is 970 g/mol. The number of aliphatic hydroxyl groups excluding tert-OH is 1. The van der Waals surface area contributed by atoms with E-state index in [1.807, 2.05) is 41.8 Å². The fourth-order valence-electron chi connectivity index (χ4n) is 9.40. The summed E-state index contributed by atoms with van der Waals surface area (Å²) in [4.78, 5) is 32.4. The summed E-state index contributed by atoms with van der Waals surface area (Å²) in [7, 11) is 8.70. The summed E-state index contributed by atoms with van der Waals surface area (Å²) in [5.41, 5.74) is -4.20. The van der Waals surface area contributed by atoms with Crippen LogP contribution in [-0.2, 0) is 47.5 Å². The van der Waals surface area contributed by atoms with E-state index in [0.29, 0.717) is 12.8 Å². The molecule has 3 fully saturated rings. The van der Waals surface area contributed by atoms with E-state index in [2.05, 4.69) is 47.1 Å². The lowest BCUT2D eigenvalue weighted by Crippen LogP contribution is -2.61. The highest BCUT2D eigenvalue weighted by Gasteiger charge is 2.53. The van der Waals surface area contributed by atoms with Crippen LogP contribution in [-0.4, -0.2) is 158 Å². The number of rotatable bonds is 10. The van der Waals surface area contributed by atoms with Gasteiger partial charge in [0.15, 0.2) is 12.6 Å². The molecule has 0 bridgehead atoms. The van der Waals surface area contributed by atoms with Gasteiger partial charge in [0, 0.05) is 88.6 Å². The molecule has 0 aromatic heterocycles. The largest absolute Gasteiger partial charge is 0.459 e. The van der Waals surface area contributed by atoms with Crippen molar-refractivity contribution in [3.8, 4) is 0 Å². The highest BCUT2D eigenvalue weighted by atomic mass is 128. The smallest absolute Gasteiger partial charge is 0.311 e. The third-order valence-corrected chi connectivity index (χ3v) is 12.5. The molecule has 17 heteroatoms. The highest BCUT2D eigenvalue weighted by Crippen LogP contribution is 2.41. The summed E-state index contributed by atoms with van der Waals surface area (Å²) in [6.07, 6.45) is -6.72. The summed E-state index contributed by atoms with van der Waals surface area (Å²) in [5.74, 6) is -3.93. The summed E-state index contributed by atoms with van der Waals surface area (Å²) in [6.45, 7) is 17.4. The molecule has 3 heterocycles. The highest BCUT2D eigenvalue weighted by molar-refractivity contribution is 15.0. The molecular formula is C40H72I2N2O13. The number of hydrogen-bond donors (Lipinski definition) is 3. The number of methoxy groups -OCH3 is 3. The minimum atomic E-state index is -1.95. The van der Waals surface area contributed by atoms with Crippen molar-refractivity contribution in [1.29, 1.82) is 0 Å². The van der Waals surface area contributed by atoms with Gasteiger partial charge in [-0.05, 0) is 80.8 Å². The Kier molecular flexibility index (Phi) is 21.2. The Balaban J connectivity index is 0.00000551. The Labute approximate surface area is 364 Å². The Bertz CT molecular complexity index is 1290. The van der Waals surface area contributed by atoms with Crippen LogP contribution in [0.3, 0.4) is 0 Å². The number of carbonyl (C=O) groups is 2. The zero-order valence-corrected chi connectivity index (χ0v) is 41.0. The summed E-state index contributed by atoms with van der Waals surface area (Å²) in [6, 6.07) is -0.0811. The average molecular weight is 1040 g/mol. The first kappa shape index (κ1) is 53.0. The second-order valence-corrected chi connectivity index (χ2v) is 17.2. The van der Waals surface area contributed by atoms with Crippen LogP contribution >= 0.6 is 37.2 Å². The second kappa shape index (κ2) is 22.8. The molecule has 0 aliphatic carbocycles. The third kappa shape index (κ3) is 12.5. The number of hydrogen-bond acceptors (Lipinski definition) is 14. The number of halogens is 2. The van der Waals surface area contributed by atoms with E-state index < -0.39 is 102 Å². The van der Waals surface area contributed by atoms with Crippen LogP contribution in [0.5, 0.6) is 0 Å². The monoisotopic (exact) mass is 1040 g/mol.